The van der Waals surface area contributed by atoms with Crippen LogP contribution in [0.25, 0.3) is 11.1 Å². The van der Waals surface area contributed by atoms with Crippen molar-refractivity contribution in [3.8, 4) is 22.6 Å². The first-order valence-electron chi connectivity index (χ1n) is 11.6. The van der Waals surface area contributed by atoms with Gasteiger partial charge < -0.3 is 14.8 Å². The van der Waals surface area contributed by atoms with Gasteiger partial charge in [0.1, 0.15) is 18.1 Å². The molecule has 4 aromatic carbocycles. The average Bonchev–Trinajstić information content (AvgIpc) is 2.89. The normalized spacial score (nSPS) is 11.5. The van der Waals surface area contributed by atoms with Crippen LogP contribution in [0.1, 0.15) is 41.4 Å². The highest BCUT2D eigenvalue weighted by molar-refractivity contribution is 6.30. The molecule has 178 valence electrons. The summed E-state index contributed by atoms with van der Waals surface area (Å²) in [4.78, 5) is 12.9. The topological polar surface area (TPSA) is 47.6 Å². The second-order valence-corrected chi connectivity index (χ2v) is 8.62. The summed E-state index contributed by atoms with van der Waals surface area (Å²) in [5.41, 5.74) is 4.62. The molecule has 1 atom stereocenters. The zero-order valence-corrected chi connectivity index (χ0v) is 20.6. The van der Waals surface area contributed by atoms with Gasteiger partial charge >= 0.3 is 0 Å². The lowest BCUT2D eigenvalue weighted by Crippen LogP contribution is -2.26. The molecule has 0 radical (unpaired) electrons. The number of ether oxygens (including phenoxy) is 2. The van der Waals surface area contributed by atoms with Gasteiger partial charge in [-0.1, -0.05) is 66.2 Å². The third-order valence-electron chi connectivity index (χ3n) is 5.70. The van der Waals surface area contributed by atoms with E-state index in [0.29, 0.717) is 22.9 Å². The quantitative estimate of drug-likeness (QED) is 0.267. The lowest BCUT2D eigenvalue weighted by Gasteiger charge is -2.16. The van der Waals surface area contributed by atoms with E-state index in [-0.39, 0.29) is 18.6 Å². The lowest BCUT2D eigenvalue weighted by molar-refractivity contribution is 0.0939. The Bertz CT molecular complexity index is 1260. The number of carbonyl (C=O) groups is 1. The third kappa shape index (κ3) is 6.43. The van der Waals surface area contributed by atoms with Crippen molar-refractivity contribution >= 4 is 17.5 Å². The molecule has 0 aliphatic carbocycles. The fourth-order valence-electron chi connectivity index (χ4n) is 3.78. The van der Waals surface area contributed by atoms with E-state index in [0.717, 1.165) is 28.0 Å². The zero-order chi connectivity index (χ0) is 24.6. The van der Waals surface area contributed by atoms with E-state index in [9.17, 15) is 4.79 Å². The van der Waals surface area contributed by atoms with Crippen molar-refractivity contribution in [1.82, 2.24) is 5.32 Å². The second-order valence-electron chi connectivity index (χ2n) is 8.18. The maximum atomic E-state index is 12.9. The van der Waals surface area contributed by atoms with Crippen LogP contribution >= 0.6 is 11.6 Å². The Kier molecular flexibility index (Phi) is 8.07. The number of amides is 1. The van der Waals surface area contributed by atoms with E-state index in [2.05, 4.69) is 17.4 Å². The SMILES string of the molecule is CCOc1ccc(C(=O)N[C@@H](C)c2ccc(Cl)cc2)cc1COc1ccc(-c2ccccc2)cc1. The van der Waals surface area contributed by atoms with Crippen molar-refractivity contribution in [1.29, 1.82) is 0 Å². The van der Waals surface area contributed by atoms with Crippen molar-refractivity contribution in [2.24, 2.45) is 0 Å². The van der Waals surface area contributed by atoms with Crippen molar-refractivity contribution in [3.63, 3.8) is 0 Å². The van der Waals surface area contributed by atoms with Gasteiger partial charge in [0.05, 0.1) is 12.6 Å². The minimum Gasteiger partial charge on any atom is -0.493 e. The highest BCUT2D eigenvalue weighted by Crippen LogP contribution is 2.26. The fraction of sp³-hybridized carbons (Fsp3) is 0.167. The third-order valence-corrected chi connectivity index (χ3v) is 5.95. The average molecular weight is 486 g/mol. The fourth-order valence-corrected chi connectivity index (χ4v) is 3.91. The van der Waals surface area contributed by atoms with Crippen LogP contribution in [0, 0.1) is 0 Å². The molecular formula is C30H28ClNO3. The number of hydrogen-bond donors (Lipinski definition) is 1. The highest BCUT2D eigenvalue weighted by atomic mass is 35.5. The molecule has 0 bridgehead atoms. The Morgan fingerprint density at radius 1 is 0.857 bits per heavy atom. The van der Waals surface area contributed by atoms with Crippen LogP contribution in [0.4, 0.5) is 0 Å². The van der Waals surface area contributed by atoms with E-state index in [1.807, 2.05) is 92.7 Å². The Balaban J connectivity index is 1.45. The maximum Gasteiger partial charge on any atom is 0.251 e. The van der Waals surface area contributed by atoms with Gasteiger partial charge in [0.25, 0.3) is 5.91 Å². The molecule has 35 heavy (non-hydrogen) atoms. The molecule has 1 N–H and O–H groups in total. The maximum absolute atomic E-state index is 12.9. The molecule has 4 rings (SSSR count). The van der Waals surface area contributed by atoms with Crippen LogP contribution in [0.5, 0.6) is 11.5 Å². The minimum atomic E-state index is -0.163. The molecule has 0 aliphatic heterocycles. The molecule has 4 aromatic rings. The number of rotatable bonds is 9. The smallest absolute Gasteiger partial charge is 0.251 e. The minimum absolute atomic E-state index is 0.158. The van der Waals surface area contributed by atoms with Crippen LogP contribution in [0.2, 0.25) is 5.02 Å². The number of hydrogen-bond acceptors (Lipinski definition) is 3. The lowest BCUT2D eigenvalue weighted by atomic mass is 10.1. The van der Waals surface area contributed by atoms with Gasteiger partial charge in [0.2, 0.25) is 0 Å². The summed E-state index contributed by atoms with van der Waals surface area (Å²) >= 11 is 5.97. The van der Waals surface area contributed by atoms with Crippen molar-refractivity contribution in [2.75, 3.05) is 6.61 Å². The summed E-state index contributed by atoms with van der Waals surface area (Å²) in [6.45, 7) is 4.69. The van der Waals surface area contributed by atoms with E-state index < -0.39 is 0 Å². The molecule has 0 saturated carbocycles. The molecule has 0 aliphatic rings. The first-order valence-corrected chi connectivity index (χ1v) is 12.0. The predicted octanol–water partition coefficient (Wildman–Crippen LogP) is 7.48. The van der Waals surface area contributed by atoms with Gasteiger partial charge in [-0.2, -0.15) is 0 Å². The molecule has 4 nitrogen and oxygen atoms in total. The number of benzene rings is 4. The molecule has 0 fully saturated rings. The number of nitrogens with one attached hydrogen (secondary N) is 1. The highest BCUT2D eigenvalue weighted by Gasteiger charge is 2.15. The van der Waals surface area contributed by atoms with E-state index >= 15 is 0 Å². The van der Waals surface area contributed by atoms with E-state index in [4.69, 9.17) is 21.1 Å². The van der Waals surface area contributed by atoms with Gasteiger partial charge in [0, 0.05) is 16.1 Å². The number of carbonyl (C=O) groups excluding carboxylic acids is 1. The van der Waals surface area contributed by atoms with E-state index in [1.54, 1.807) is 6.07 Å². The Morgan fingerprint density at radius 2 is 1.54 bits per heavy atom. The summed E-state index contributed by atoms with van der Waals surface area (Å²) in [5, 5.41) is 3.71. The summed E-state index contributed by atoms with van der Waals surface area (Å²) in [7, 11) is 0. The van der Waals surface area contributed by atoms with Crippen molar-refractivity contribution < 1.29 is 14.3 Å². The molecule has 0 heterocycles. The van der Waals surface area contributed by atoms with Crippen molar-refractivity contribution in [2.45, 2.75) is 26.5 Å². The Labute approximate surface area is 211 Å². The molecule has 0 spiro atoms. The van der Waals surface area contributed by atoms with Crippen LogP contribution in [0.15, 0.2) is 97.1 Å². The molecule has 5 heteroatoms. The van der Waals surface area contributed by atoms with Gasteiger partial charge in [-0.15, -0.1) is 0 Å². The zero-order valence-electron chi connectivity index (χ0n) is 19.8. The molecule has 0 saturated heterocycles. The predicted molar refractivity (Wildman–Crippen MR) is 141 cm³/mol. The molecular weight excluding hydrogens is 458 g/mol. The summed E-state index contributed by atoms with van der Waals surface area (Å²) in [5.74, 6) is 1.29. The Morgan fingerprint density at radius 3 is 2.23 bits per heavy atom. The van der Waals surface area contributed by atoms with Crippen molar-refractivity contribution in [3.05, 3.63) is 119 Å². The van der Waals surface area contributed by atoms with Gasteiger partial charge in [-0.05, 0) is 73.0 Å². The van der Waals surface area contributed by atoms with Gasteiger partial charge in [-0.3, -0.25) is 4.79 Å². The standard InChI is InChI=1S/C30H28ClNO3/c1-3-34-29-18-13-25(30(33)32-21(2)22-9-14-27(31)15-10-22)19-26(29)20-35-28-16-11-24(12-17-28)23-7-5-4-6-8-23/h4-19,21H,3,20H2,1-2H3,(H,32,33)/t21-/m0/s1. The first-order chi connectivity index (χ1) is 17.0. The van der Waals surface area contributed by atoms with Gasteiger partial charge in [-0.25, -0.2) is 0 Å². The van der Waals surface area contributed by atoms with Crippen LogP contribution < -0.4 is 14.8 Å². The van der Waals surface area contributed by atoms with Gasteiger partial charge in [0.15, 0.2) is 0 Å². The summed E-state index contributed by atoms with van der Waals surface area (Å²) in [6.07, 6.45) is 0. The summed E-state index contributed by atoms with van der Waals surface area (Å²) in [6, 6.07) is 30.9. The second kappa shape index (κ2) is 11.6. The van der Waals surface area contributed by atoms with Crippen LogP contribution in [-0.4, -0.2) is 12.5 Å². The Hall–Kier alpha value is -3.76. The monoisotopic (exact) mass is 485 g/mol. The molecule has 0 aromatic heterocycles. The molecule has 0 unspecified atom stereocenters. The van der Waals surface area contributed by atoms with E-state index in [1.165, 1.54) is 0 Å². The first kappa shape index (κ1) is 24.4. The largest absolute Gasteiger partial charge is 0.493 e. The number of halogens is 1. The van der Waals surface area contributed by atoms with Crippen LogP contribution in [0.3, 0.4) is 0 Å². The summed E-state index contributed by atoms with van der Waals surface area (Å²) < 4.78 is 11.8. The molecule has 1 amide bonds. The van der Waals surface area contributed by atoms with Crippen LogP contribution in [-0.2, 0) is 6.61 Å².